The highest BCUT2D eigenvalue weighted by Gasteiger charge is 2.09. The standard InChI is InChI=1S/C23H22N4/c1-18-2-4-19(5-3-18)15-27(16-20-8-10-24-11-9-20)17-21-6-7-22-23(14-21)26-13-12-25-22/h2-14H,15-17H2,1H3. The van der Waals surface area contributed by atoms with E-state index in [-0.39, 0.29) is 0 Å². The van der Waals surface area contributed by atoms with Crippen molar-refractivity contribution in [1.29, 1.82) is 0 Å². The highest BCUT2D eigenvalue weighted by atomic mass is 15.1. The van der Waals surface area contributed by atoms with Crippen LogP contribution in [-0.4, -0.2) is 19.9 Å². The molecule has 0 radical (unpaired) electrons. The smallest absolute Gasteiger partial charge is 0.0890 e. The molecular formula is C23H22N4. The predicted molar refractivity (Wildman–Crippen MR) is 108 cm³/mol. The van der Waals surface area contributed by atoms with Crippen molar-refractivity contribution >= 4 is 11.0 Å². The molecule has 0 spiro atoms. The normalized spacial score (nSPS) is 11.2. The van der Waals surface area contributed by atoms with Crippen LogP contribution < -0.4 is 0 Å². The van der Waals surface area contributed by atoms with Gasteiger partial charge in [-0.25, -0.2) is 0 Å². The molecule has 4 nitrogen and oxygen atoms in total. The van der Waals surface area contributed by atoms with Crippen molar-refractivity contribution in [2.45, 2.75) is 26.6 Å². The Morgan fingerprint density at radius 3 is 1.96 bits per heavy atom. The summed E-state index contributed by atoms with van der Waals surface area (Å²) in [5, 5.41) is 0. The third-order valence-electron chi connectivity index (χ3n) is 4.62. The predicted octanol–water partition coefficient (Wildman–Crippen LogP) is 4.54. The van der Waals surface area contributed by atoms with E-state index in [0.717, 1.165) is 30.7 Å². The maximum atomic E-state index is 4.44. The van der Waals surface area contributed by atoms with Crippen molar-refractivity contribution in [3.8, 4) is 0 Å². The lowest BCUT2D eigenvalue weighted by atomic mass is 10.1. The van der Waals surface area contributed by atoms with Gasteiger partial charge in [-0.2, -0.15) is 0 Å². The van der Waals surface area contributed by atoms with Crippen LogP contribution in [0.2, 0.25) is 0 Å². The number of rotatable bonds is 6. The van der Waals surface area contributed by atoms with Crippen molar-refractivity contribution in [1.82, 2.24) is 19.9 Å². The molecule has 0 aliphatic carbocycles. The van der Waals surface area contributed by atoms with Gasteiger partial charge < -0.3 is 0 Å². The van der Waals surface area contributed by atoms with Crippen LogP contribution in [0.25, 0.3) is 11.0 Å². The Hall–Kier alpha value is -3.11. The Labute approximate surface area is 159 Å². The van der Waals surface area contributed by atoms with Gasteiger partial charge in [0.15, 0.2) is 0 Å². The summed E-state index contributed by atoms with van der Waals surface area (Å²) in [7, 11) is 0. The Morgan fingerprint density at radius 1 is 0.630 bits per heavy atom. The van der Waals surface area contributed by atoms with Crippen LogP contribution in [0.4, 0.5) is 0 Å². The molecule has 0 saturated heterocycles. The SMILES string of the molecule is Cc1ccc(CN(Cc2ccncc2)Cc2ccc3nccnc3c2)cc1. The van der Waals surface area contributed by atoms with Gasteiger partial charge in [0, 0.05) is 44.4 Å². The van der Waals surface area contributed by atoms with E-state index in [2.05, 4.69) is 75.3 Å². The molecule has 0 bridgehead atoms. The van der Waals surface area contributed by atoms with E-state index in [9.17, 15) is 0 Å². The number of fused-ring (bicyclic) bond motifs is 1. The highest BCUT2D eigenvalue weighted by molar-refractivity contribution is 5.74. The number of benzene rings is 2. The van der Waals surface area contributed by atoms with E-state index in [1.54, 1.807) is 12.4 Å². The average Bonchev–Trinajstić information content (AvgIpc) is 2.70. The fourth-order valence-corrected chi connectivity index (χ4v) is 3.23. The number of pyridine rings is 1. The molecule has 2 heterocycles. The average molecular weight is 354 g/mol. The first-order valence-corrected chi connectivity index (χ1v) is 9.13. The lowest BCUT2D eigenvalue weighted by Gasteiger charge is -2.23. The largest absolute Gasteiger partial charge is 0.291 e. The lowest BCUT2D eigenvalue weighted by molar-refractivity contribution is 0.247. The first kappa shape index (κ1) is 17.3. The molecule has 2 aromatic heterocycles. The zero-order valence-corrected chi connectivity index (χ0v) is 15.4. The number of hydrogen-bond acceptors (Lipinski definition) is 4. The molecule has 0 N–H and O–H groups in total. The van der Waals surface area contributed by atoms with Gasteiger partial charge in [0.1, 0.15) is 0 Å². The maximum absolute atomic E-state index is 4.44. The highest BCUT2D eigenvalue weighted by Crippen LogP contribution is 2.17. The zero-order chi connectivity index (χ0) is 18.5. The number of aromatic nitrogens is 3. The minimum Gasteiger partial charge on any atom is -0.291 e. The van der Waals surface area contributed by atoms with Crippen molar-refractivity contribution < 1.29 is 0 Å². The van der Waals surface area contributed by atoms with Crippen LogP contribution in [0.1, 0.15) is 22.3 Å². The second kappa shape index (κ2) is 8.06. The first-order valence-electron chi connectivity index (χ1n) is 9.13. The van der Waals surface area contributed by atoms with Crippen LogP contribution in [0, 0.1) is 6.92 Å². The van der Waals surface area contributed by atoms with E-state index in [4.69, 9.17) is 0 Å². The van der Waals surface area contributed by atoms with Gasteiger partial charge in [-0.1, -0.05) is 35.9 Å². The molecule has 0 fully saturated rings. The van der Waals surface area contributed by atoms with E-state index in [1.165, 1.54) is 22.3 Å². The van der Waals surface area contributed by atoms with Crippen LogP contribution >= 0.6 is 0 Å². The van der Waals surface area contributed by atoms with E-state index >= 15 is 0 Å². The maximum Gasteiger partial charge on any atom is 0.0890 e. The molecule has 0 atom stereocenters. The fourth-order valence-electron chi connectivity index (χ4n) is 3.23. The molecule has 4 heteroatoms. The summed E-state index contributed by atoms with van der Waals surface area (Å²) in [4.78, 5) is 15.4. The Kier molecular flexibility index (Phi) is 5.17. The van der Waals surface area contributed by atoms with Gasteiger partial charge in [-0.3, -0.25) is 19.9 Å². The molecule has 0 aliphatic heterocycles. The van der Waals surface area contributed by atoms with Crippen molar-refractivity contribution in [2.75, 3.05) is 0 Å². The minimum atomic E-state index is 0.850. The van der Waals surface area contributed by atoms with Crippen LogP contribution in [0.3, 0.4) is 0 Å². The quantitative estimate of drug-likeness (QED) is 0.510. The lowest BCUT2D eigenvalue weighted by Crippen LogP contribution is -2.22. The molecule has 27 heavy (non-hydrogen) atoms. The third-order valence-corrected chi connectivity index (χ3v) is 4.62. The van der Waals surface area contributed by atoms with Gasteiger partial charge in [0.05, 0.1) is 11.0 Å². The van der Waals surface area contributed by atoms with Crippen molar-refractivity contribution in [2.24, 2.45) is 0 Å². The van der Waals surface area contributed by atoms with E-state index in [0.29, 0.717) is 0 Å². The van der Waals surface area contributed by atoms with Crippen LogP contribution in [-0.2, 0) is 19.6 Å². The Balaban J connectivity index is 1.58. The molecule has 134 valence electrons. The molecule has 4 rings (SSSR count). The van der Waals surface area contributed by atoms with Gasteiger partial charge in [-0.15, -0.1) is 0 Å². The van der Waals surface area contributed by atoms with Crippen molar-refractivity contribution in [3.05, 3.63) is 102 Å². The van der Waals surface area contributed by atoms with Gasteiger partial charge >= 0.3 is 0 Å². The van der Waals surface area contributed by atoms with Gasteiger partial charge in [0.25, 0.3) is 0 Å². The van der Waals surface area contributed by atoms with Crippen LogP contribution in [0.5, 0.6) is 0 Å². The monoisotopic (exact) mass is 354 g/mol. The summed E-state index contributed by atoms with van der Waals surface area (Å²) >= 11 is 0. The summed E-state index contributed by atoms with van der Waals surface area (Å²) in [6, 6.07) is 19.2. The van der Waals surface area contributed by atoms with Crippen molar-refractivity contribution in [3.63, 3.8) is 0 Å². The topological polar surface area (TPSA) is 41.9 Å². The van der Waals surface area contributed by atoms with E-state index in [1.807, 2.05) is 18.5 Å². The molecule has 4 aromatic rings. The Bertz CT molecular complexity index is 1010. The fraction of sp³-hybridized carbons (Fsp3) is 0.174. The second-order valence-electron chi connectivity index (χ2n) is 6.87. The molecule has 0 saturated carbocycles. The molecule has 2 aromatic carbocycles. The first-order chi connectivity index (χ1) is 13.3. The molecule has 0 unspecified atom stereocenters. The van der Waals surface area contributed by atoms with Gasteiger partial charge in [0.2, 0.25) is 0 Å². The number of aryl methyl sites for hydroxylation is 1. The summed E-state index contributed by atoms with van der Waals surface area (Å²) < 4.78 is 0. The number of hydrogen-bond donors (Lipinski definition) is 0. The van der Waals surface area contributed by atoms with Crippen LogP contribution in [0.15, 0.2) is 79.4 Å². The molecular weight excluding hydrogens is 332 g/mol. The third kappa shape index (κ3) is 4.54. The summed E-state index contributed by atoms with van der Waals surface area (Å²) in [6.07, 6.45) is 7.18. The van der Waals surface area contributed by atoms with Gasteiger partial charge in [-0.05, 0) is 47.9 Å². The Morgan fingerprint density at radius 2 is 1.22 bits per heavy atom. The summed E-state index contributed by atoms with van der Waals surface area (Å²) in [6.45, 7) is 4.73. The zero-order valence-electron chi connectivity index (χ0n) is 15.4. The summed E-state index contributed by atoms with van der Waals surface area (Å²) in [5.41, 5.74) is 6.97. The summed E-state index contributed by atoms with van der Waals surface area (Å²) in [5.74, 6) is 0. The van der Waals surface area contributed by atoms with E-state index < -0.39 is 0 Å². The molecule has 0 amide bonds. The molecule has 0 aliphatic rings. The number of nitrogens with zero attached hydrogens (tertiary/aromatic N) is 4. The minimum absolute atomic E-state index is 0.850. The second-order valence-corrected chi connectivity index (χ2v) is 6.87.